The van der Waals surface area contributed by atoms with Gasteiger partial charge >= 0.3 is 0 Å². The van der Waals surface area contributed by atoms with Gasteiger partial charge in [-0.05, 0) is 48.4 Å². The normalized spacial score (nSPS) is 10.6. The van der Waals surface area contributed by atoms with Crippen molar-refractivity contribution < 1.29 is 9.53 Å². The van der Waals surface area contributed by atoms with Crippen LogP contribution in [0, 0.1) is 6.92 Å². The van der Waals surface area contributed by atoms with Crippen LogP contribution in [-0.4, -0.2) is 13.0 Å². The Kier molecular flexibility index (Phi) is 4.61. The van der Waals surface area contributed by atoms with E-state index in [9.17, 15) is 4.79 Å². The third kappa shape index (κ3) is 4.11. The molecule has 0 aliphatic carbocycles. The van der Waals surface area contributed by atoms with Crippen molar-refractivity contribution in [3.8, 4) is 5.75 Å². The van der Waals surface area contributed by atoms with Gasteiger partial charge in [0.25, 0.3) is 0 Å². The number of hydrogen-bond donors (Lipinski definition) is 2. The van der Waals surface area contributed by atoms with Crippen LogP contribution in [0.3, 0.4) is 0 Å². The summed E-state index contributed by atoms with van der Waals surface area (Å²) in [7, 11) is 1.62. The molecule has 108 valence electrons. The third-order valence-corrected chi connectivity index (χ3v) is 3.06. The van der Waals surface area contributed by atoms with Crippen LogP contribution >= 0.6 is 0 Å². The zero-order valence-electron chi connectivity index (χ0n) is 12.1. The quantitative estimate of drug-likeness (QED) is 0.668. The smallest absolute Gasteiger partial charge is 0.248 e. The van der Waals surface area contributed by atoms with Crippen LogP contribution in [0.1, 0.15) is 11.1 Å². The molecular formula is C17H18N2O2. The summed E-state index contributed by atoms with van der Waals surface area (Å²) < 4.78 is 5.08. The molecule has 3 N–H and O–H groups in total. The number of rotatable bonds is 4. The number of methoxy groups -OCH3 is 1. The Morgan fingerprint density at radius 3 is 2.57 bits per heavy atom. The molecule has 0 fully saturated rings. The van der Waals surface area contributed by atoms with E-state index in [4.69, 9.17) is 10.5 Å². The maximum absolute atomic E-state index is 11.9. The molecule has 4 nitrogen and oxygen atoms in total. The Labute approximate surface area is 124 Å². The fourth-order valence-corrected chi connectivity index (χ4v) is 1.84. The highest BCUT2D eigenvalue weighted by atomic mass is 16.5. The lowest BCUT2D eigenvalue weighted by Crippen LogP contribution is -2.09. The van der Waals surface area contributed by atoms with E-state index in [1.54, 1.807) is 25.3 Å². The van der Waals surface area contributed by atoms with Crippen molar-refractivity contribution in [3.05, 3.63) is 59.7 Å². The molecule has 0 aromatic heterocycles. The first-order valence-electron chi connectivity index (χ1n) is 6.58. The Hall–Kier alpha value is -2.75. The van der Waals surface area contributed by atoms with Gasteiger partial charge in [-0.1, -0.05) is 18.2 Å². The summed E-state index contributed by atoms with van der Waals surface area (Å²) in [6.07, 6.45) is 3.24. The molecule has 0 heterocycles. The lowest BCUT2D eigenvalue weighted by Gasteiger charge is -2.07. The number of nitrogen functional groups attached to an aromatic ring is 1. The largest absolute Gasteiger partial charge is 0.497 e. The van der Waals surface area contributed by atoms with Crippen LogP contribution in [0.15, 0.2) is 48.5 Å². The molecule has 0 bridgehead atoms. The third-order valence-electron chi connectivity index (χ3n) is 3.06. The van der Waals surface area contributed by atoms with E-state index in [0.29, 0.717) is 5.69 Å². The predicted molar refractivity (Wildman–Crippen MR) is 86.2 cm³/mol. The van der Waals surface area contributed by atoms with Crippen molar-refractivity contribution in [1.29, 1.82) is 0 Å². The van der Waals surface area contributed by atoms with Crippen molar-refractivity contribution in [3.63, 3.8) is 0 Å². The summed E-state index contributed by atoms with van der Waals surface area (Å²) in [5, 5.41) is 2.81. The number of ether oxygens (including phenoxy) is 1. The summed E-state index contributed by atoms with van der Waals surface area (Å²) >= 11 is 0. The van der Waals surface area contributed by atoms with E-state index in [0.717, 1.165) is 22.6 Å². The standard InChI is InChI=1S/C17H18N2O2/c1-12-3-7-14(18)11-16(12)19-17(20)10-6-13-4-8-15(21-2)9-5-13/h3-11H,18H2,1-2H3,(H,19,20)/b10-6+. The number of hydrogen-bond acceptors (Lipinski definition) is 3. The molecule has 0 unspecified atom stereocenters. The van der Waals surface area contributed by atoms with Crippen molar-refractivity contribution in [2.75, 3.05) is 18.2 Å². The molecule has 2 aromatic carbocycles. The topological polar surface area (TPSA) is 64.3 Å². The molecule has 4 heteroatoms. The van der Waals surface area contributed by atoms with E-state index in [-0.39, 0.29) is 5.91 Å². The Morgan fingerprint density at radius 2 is 1.90 bits per heavy atom. The number of nitrogens with one attached hydrogen (secondary N) is 1. The van der Waals surface area contributed by atoms with Crippen molar-refractivity contribution >= 4 is 23.4 Å². The average molecular weight is 282 g/mol. The van der Waals surface area contributed by atoms with Gasteiger partial charge in [-0.25, -0.2) is 0 Å². The number of carbonyl (C=O) groups excluding carboxylic acids is 1. The lowest BCUT2D eigenvalue weighted by atomic mass is 10.1. The number of nitrogens with two attached hydrogens (primary N) is 1. The molecule has 0 spiro atoms. The van der Waals surface area contributed by atoms with Crippen LogP contribution in [-0.2, 0) is 4.79 Å². The van der Waals surface area contributed by atoms with Gasteiger partial charge in [0.05, 0.1) is 7.11 Å². The molecule has 21 heavy (non-hydrogen) atoms. The number of anilines is 2. The number of carbonyl (C=O) groups is 1. The first-order chi connectivity index (χ1) is 10.1. The minimum Gasteiger partial charge on any atom is -0.497 e. The highest BCUT2D eigenvalue weighted by Crippen LogP contribution is 2.18. The fraction of sp³-hybridized carbons (Fsp3) is 0.118. The molecule has 1 amide bonds. The molecule has 2 rings (SSSR count). The second-order valence-corrected chi connectivity index (χ2v) is 4.67. The number of benzene rings is 2. The van der Waals surface area contributed by atoms with Crippen molar-refractivity contribution in [1.82, 2.24) is 0 Å². The molecular weight excluding hydrogens is 264 g/mol. The first kappa shape index (κ1) is 14.7. The average Bonchev–Trinajstić information content (AvgIpc) is 2.49. The van der Waals surface area contributed by atoms with Gasteiger partial charge in [0.1, 0.15) is 5.75 Å². The molecule has 0 saturated heterocycles. The second-order valence-electron chi connectivity index (χ2n) is 4.67. The second kappa shape index (κ2) is 6.61. The summed E-state index contributed by atoms with van der Waals surface area (Å²) in [6.45, 7) is 1.92. The van der Waals surface area contributed by atoms with Crippen LogP contribution in [0.2, 0.25) is 0 Å². The summed E-state index contributed by atoms with van der Waals surface area (Å²) in [4.78, 5) is 11.9. The SMILES string of the molecule is COc1ccc(/C=C/C(=O)Nc2cc(N)ccc2C)cc1. The number of aryl methyl sites for hydroxylation is 1. The van der Waals surface area contributed by atoms with Crippen LogP contribution in [0.5, 0.6) is 5.75 Å². The molecule has 0 radical (unpaired) electrons. The summed E-state index contributed by atoms with van der Waals surface area (Å²) in [6, 6.07) is 12.9. The maximum atomic E-state index is 11.9. The monoisotopic (exact) mass is 282 g/mol. The van der Waals surface area contributed by atoms with Gasteiger partial charge in [-0.2, -0.15) is 0 Å². The van der Waals surface area contributed by atoms with Crippen LogP contribution < -0.4 is 15.8 Å². The van der Waals surface area contributed by atoms with E-state index in [2.05, 4.69) is 5.32 Å². The van der Waals surface area contributed by atoms with Crippen molar-refractivity contribution in [2.24, 2.45) is 0 Å². The van der Waals surface area contributed by atoms with Crippen LogP contribution in [0.4, 0.5) is 11.4 Å². The van der Waals surface area contributed by atoms with Gasteiger partial charge in [0.2, 0.25) is 5.91 Å². The van der Waals surface area contributed by atoms with Gasteiger partial charge in [-0.15, -0.1) is 0 Å². The Balaban J connectivity index is 2.03. The highest BCUT2D eigenvalue weighted by molar-refractivity contribution is 6.02. The van der Waals surface area contributed by atoms with Crippen molar-refractivity contribution in [2.45, 2.75) is 6.92 Å². The zero-order valence-corrected chi connectivity index (χ0v) is 12.1. The van der Waals surface area contributed by atoms with Gasteiger partial charge in [0.15, 0.2) is 0 Å². The van der Waals surface area contributed by atoms with E-state index in [1.165, 1.54) is 6.08 Å². The molecule has 2 aromatic rings. The van der Waals surface area contributed by atoms with E-state index < -0.39 is 0 Å². The van der Waals surface area contributed by atoms with Gasteiger partial charge in [-0.3, -0.25) is 4.79 Å². The zero-order chi connectivity index (χ0) is 15.2. The molecule has 0 saturated carbocycles. The minimum atomic E-state index is -0.195. The summed E-state index contributed by atoms with van der Waals surface area (Å²) in [5.41, 5.74) is 8.95. The minimum absolute atomic E-state index is 0.195. The maximum Gasteiger partial charge on any atom is 0.248 e. The van der Waals surface area contributed by atoms with E-state index in [1.807, 2.05) is 37.3 Å². The summed E-state index contributed by atoms with van der Waals surface area (Å²) in [5.74, 6) is 0.589. The predicted octanol–water partition coefficient (Wildman–Crippen LogP) is 3.24. The van der Waals surface area contributed by atoms with Gasteiger partial charge < -0.3 is 15.8 Å². The number of amides is 1. The van der Waals surface area contributed by atoms with Gasteiger partial charge in [0, 0.05) is 17.5 Å². The lowest BCUT2D eigenvalue weighted by molar-refractivity contribution is -0.111. The van der Waals surface area contributed by atoms with E-state index >= 15 is 0 Å². The molecule has 0 aliphatic heterocycles. The van der Waals surface area contributed by atoms with Crippen LogP contribution in [0.25, 0.3) is 6.08 Å². The Bertz CT molecular complexity index is 661. The fourth-order valence-electron chi connectivity index (χ4n) is 1.84. The first-order valence-corrected chi connectivity index (χ1v) is 6.58. The highest BCUT2D eigenvalue weighted by Gasteiger charge is 2.02. The molecule has 0 atom stereocenters. The Morgan fingerprint density at radius 1 is 1.19 bits per heavy atom. The molecule has 0 aliphatic rings.